The standard InChI is InChI=1S/C25H25N5O/c1-23(2,3)15-9-10-16-18(11-15)25(19(12-26)21(29)24(16,13-27)14-28)17-7-5-6-8-20(17)30(4)22(25)31/h5-8,10,15,18H,9,11,29H2,1-4H3/t15-,18-,25+/m1/s1. The molecule has 3 atom stereocenters. The molecule has 0 aromatic heterocycles. The number of para-hydroxylation sites is 1. The van der Waals surface area contributed by atoms with Crippen LogP contribution in [0.4, 0.5) is 5.69 Å². The Labute approximate surface area is 182 Å². The number of nitrogens with zero attached hydrogens (tertiary/aromatic N) is 4. The summed E-state index contributed by atoms with van der Waals surface area (Å²) in [4.78, 5) is 15.5. The van der Waals surface area contributed by atoms with Gasteiger partial charge in [0.05, 0.1) is 29.5 Å². The van der Waals surface area contributed by atoms with Gasteiger partial charge in [-0.1, -0.05) is 45.0 Å². The molecular formula is C25H25N5O. The topological polar surface area (TPSA) is 118 Å². The highest BCUT2D eigenvalue weighted by Gasteiger charge is 2.66. The summed E-state index contributed by atoms with van der Waals surface area (Å²) >= 11 is 0. The van der Waals surface area contributed by atoms with Crippen LogP contribution in [0.5, 0.6) is 0 Å². The molecule has 2 N–H and O–H groups in total. The number of anilines is 1. The fourth-order valence-electron chi connectivity index (χ4n) is 5.77. The molecule has 0 bridgehead atoms. The minimum Gasteiger partial charge on any atom is -0.399 e. The lowest BCUT2D eigenvalue weighted by Gasteiger charge is -2.50. The lowest BCUT2D eigenvalue weighted by atomic mass is 9.49. The van der Waals surface area contributed by atoms with Gasteiger partial charge in [-0.05, 0) is 41.4 Å². The number of fused-ring (bicyclic) bond motifs is 4. The van der Waals surface area contributed by atoms with Gasteiger partial charge in [0.15, 0.2) is 0 Å². The lowest BCUT2D eigenvalue weighted by molar-refractivity contribution is -0.123. The summed E-state index contributed by atoms with van der Waals surface area (Å²) in [7, 11) is 1.70. The largest absolute Gasteiger partial charge is 0.399 e. The Hall–Kier alpha value is -3.56. The van der Waals surface area contributed by atoms with Crippen LogP contribution in [-0.2, 0) is 10.2 Å². The molecule has 6 heteroatoms. The number of carbonyl (C=O) groups excluding carboxylic acids is 1. The first-order chi connectivity index (χ1) is 14.6. The molecule has 156 valence electrons. The van der Waals surface area contributed by atoms with E-state index in [4.69, 9.17) is 5.73 Å². The van der Waals surface area contributed by atoms with Gasteiger partial charge in [-0.15, -0.1) is 0 Å². The molecule has 31 heavy (non-hydrogen) atoms. The summed E-state index contributed by atoms with van der Waals surface area (Å²) in [6.07, 6.45) is 3.22. The molecule has 1 aliphatic heterocycles. The first-order valence-electron chi connectivity index (χ1n) is 10.4. The minimum atomic E-state index is -1.74. The molecule has 0 unspecified atom stereocenters. The summed E-state index contributed by atoms with van der Waals surface area (Å²) in [5, 5.41) is 30.5. The zero-order valence-corrected chi connectivity index (χ0v) is 18.2. The predicted octanol–water partition coefficient (Wildman–Crippen LogP) is 3.68. The highest BCUT2D eigenvalue weighted by molar-refractivity contribution is 6.11. The molecule has 1 aromatic rings. The Bertz CT molecular complexity index is 1170. The second-order valence-corrected chi connectivity index (χ2v) is 9.81. The number of amides is 1. The van der Waals surface area contributed by atoms with Gasteiger partial charge in [-0.2, -0.15) is 15.8 Å². The van der Waals surface area contributed by atoms with Crippen molar-refractivity contribution < 1.29 is 4.79 Å². The maximum Gasteiger partial charge on any atom is 0.243 e. The average Bonchev–Trinajstić information content (AvgIpc) is 2.97. The van der Waals surface area contributed by atoms with Gasteiger partial charge in [-0.25, -0.2) is 0 Å². The van der Waals surface area contributed by atoms with Crippen molar-refractivity contribution in [2.45, 2.75) is 39.0 Å². The van der Waals surface area contributed by atoms with Gasteiger partial charge in [0, 0.05) is 18.7 Å². The van der Waals surface area contributed by atoms with Gasteiger partial charge < -0.3 is 10.6 Å². The molecule has 0 saturated heterocycles. The van der Waals surface area contributed by atoms with Gasteiger partial charge >= 0.3 is 0 Å². The molecule has 1 aromatic carbocycles. The quantitative estimate of drug-likeness (QED) is 0.653. The summed E-state index contributed by atoms with van der Waals surface area (Å²) in [6.45, 7) is 6.46. The molecule has 4 rings (SSSR count). The van der Waals surface area contributed by atoms with E-state index in [0.717, 1.165) is 11.3 Å². The maximum atomic E-state index is 13.9. The Kier molecular flexibility index (Phi) is 4.32. The third-order valence-electron chi connectivity index (χ3n) is 7.55. The van der Waals surface area contributed by atoms with Gasteiger partial charge in [0.25, 0.3) is 0 Å². The SMILES string of the molecule is CN1C(=O)[C@@]2(C(C#N)=C(N)C(C#N)(C#N)C3=CC[C@@H](C(C)(C)C)C[C@H]32)c2ccccc21. The van der Waals surface area contributed by atoms with E-state index in [2.05, 4.69) is 39.0 Å². The highest BCUT2D eigenvalue weighted by Crippen LogP contribution is 2.63. The predicted molar refractivity (Wildman–Crippen MR) is 116 cm³/mol. The van der Waals surface area contributed by atoms with E-state index in [0.29, 0.717) is 18.4 Å². The average molecular weight is 412 g/mol. The molecule has 6 nitrogen and oxygen atoms in total. The monoisotopic (exact) mass is 411 g/mol. The number of rotatable bonds is 0. The molecule has 3 aliphatic rings. The highest BCUT2D eigenvalue weighted by atomic mass is 16.2. The number of hydrogen-bond donors (Lipinski definition) is 1. The van der Waals surface area contributed by atoms with Crippen LogP contribution in [0.25, 0.3) is 0 Å². The molecule has 0 fully saturated rings. The van der Waals surface area contributed by atoms with Crippen LogP contribution in [0.2, 0.25) is 0 Å². The number of allylic oxidation sites excluding steroid dienone is 2. The molecule has 2 aliphatic carbocycles. The number of benzene rings is 1. The second kappa shape index (κ2) is 6.47. The smallest absolute Gasteiger partial charge is 0.243 e. The molecule has 1 amide bonds. The van der Waals surface area contributed by atoms with Gasteiger partial charge in [-0.3, -0.25) is 4.79 Å². The Balaban J connectivity index is 2.15. The van der Waals surface area contributed by atoms with Crippen molar-refractivity contribution in [2.75, 3.05) is 11.9 Å². The number of hydrogen-bond acceptors (Lipinski definition) is 5. The van der Waals surface area contributed by atoms with Crippen LogP contribution in [-0.4, -0.2) is 13.0 Å². The summed E-state index contributed by atoms with van der Waals surface area (Å²) in [5.41, 5.74) is 5.27. The second-order valence-electron chi connectivity index (χ2n) is 9.81. The minimum absolute atomic E-state index is 0.0362. The van der Waals surface area contributed by atoms with Crippen molar-refractivity contribution >= 4 is 11.6 Å². The lowest BCUT2D eigenvalue weighted by Crippen LogP contribution is -2.55. The Morgan fingerprint density at radius 2 is 1.81 bits per heavy atom. The third-order valence-corrected chi connectivity index (χ3v) is 7.55. The third kappa shape index (κ3) is 2.32. The van der Waals surface area contributed by atoms with Crippen molar-refractivity contribution in [1.82, 2.24) is 0 Å². The fraction of sp³-hybridized carbons (Fsp3) is 0.440. The number of nitriles is 3. The number of likely N-dealkylation sites (N-methyl/N-ethyl adjacent to an activating group) is 1. The van der Waals surface area contributed by atoms with E-state index >= 15 is 0 Å². The summed E-state index contributed by atoms with van der Waals surface area (Å²) in [6, 6.07) is 13.8. The van der Waals surface area contributed by atoms with Gasteiger partial charge in [0.2, 0.25) is 11.3 Å². The number of carbonyl (C=O) groups is 1. The van der Waals surface area contributed by atoms with Crippen LogP contribution in [0, 0.1) is 56.7 Å². The van der Waals surface area contributed by atoms with Crippen LogP contribution in [0.15, 0.2) is 47.2 Å². The molecule has 1 heterocycles. The van der Waals surface area contributed by atoms with E-state index in [1.165, 1.54) is 0 Å². The van der Waals surface area contributed by atoms with Crippen molar-refractivity contribution in [3.05, 3.63) is 52.7 Å². The molecule has 0 saturated carbocycles. The normalized spacial score (nSPS) is 28.9. The first-order valence-corrected chi connectivity index (χ1v) is 10.4. The molecule has 0 radical (unpaired) electrons. The van der Waals surface area contributed by atoms with Gasteiger partial charge in [0.1, 0.15) is 5.41 Å². The summed E-state index contributed by atoms with van der Waals surface area (Å²) in [5.74, 6) is -0.508. The Morgan fingerprint density at radius 3 is 2.39 bits per heavy atom. The van der Waals surface area contributed by atoms with Crippen LogP contribution in [0.3, 0.4) is 0 Å². The first kappa shape index (κ1) is 20.7. The fourth-order valence-corrected chi connectivity index (χ4v) is 5.77. The van der Waals surface area contributed by atoms with Crippen molar-refractivity contribution in [3.8, 4) is 18.2 Å². The Morgan fingerprint density at radius 1 is 1.16 bits per heavy atom. The van der Waals surface area contributed by atoms with Crippen LogP contribution in [0.1, 0.15) is 39.2 Å². The number of nitrogens with two attached hydrogens (primary N) is 1. The van der Waals surface area contributed by atoms with E-state index in [1.807, 2.05) is 30.3 Å². The van der Waals surface area contributed by atoms with E-state index in [9.17, 15) is 20.6 Å². The molecule has 1 spiro atoms. The van der Waals surface area contributed by atoms with Crippen LogP contribution >= 0.6 is 0 Å². The van der Waals surface area contributed by atoms with Crippen molar-refractivity contribution in [1.29, 1.82) is 15.8 Å². The van der Waals surface area contributed by atoms with E-state index < -0.39 is 16.7 Å². The van der Waals surface area contributed by atoms with E-state index in [-0.39, 0.29) is 28.5 Å². The van der Waals surface area contributed by atoms with Crippen LogP contribution < -0.4 is 10.6 Å². The zero-order chi connectivity index (χ0) is 22.8. The van der Waals surface area contributed by atoms with Crippen molar-refractivity contribution in [2.24, 2.45) is 28.4 Å². The van der Waals surface area contributed by atoms with Crippen molar-refractivity contribution in [3.63, 3.8) is 0 Å². The molecular weight excluding hydrogens is 386 g/mol. The van der Waals surface area contributed by atoms with E-state index in [1.54, 1.807) is 11.9 Å². The summed E-state index contributed by atoms with van der Waals surface area (Å²) < 4.78 is 0. The zero-order valence-electron chi connectivity index (χ0n) is 18.2. The maximum absolute atomic E-state index is 13.9.